The summed E-state index contributed by atoms with van der Waals surface area (Å²) in [5, 5.41) is 91.8. The summed E-state index contributed by atoms with van der Waals surface area (Å²) in [6.45, 7) is 10.2. The molecule has 120 heavy (non-hydrogen) atoms. The van der Waals surface area contributed by atoms with E-state index in [1.807, 2.05) is 293 Å². The van der Waals surface area contributed by atoms with Crippen molar-refractivity contribution in [2.45, 2.75) is 40.0 Å². The molecule has 0 bridgehead atoms. The first kappa shape index (κ1) is 101. The third kappa shape index (κ3) is 26.6. The summed E-state index contributed by atoms with van der Waals surface area (Å²) in [6.07, 6.45) is 3.66. The number of aromatic nitrogens is 7. The van der Waals surface area contributed by atoms with E-state index in [9.17, 15) is 35.7 Å². The molecule has 0 saturated carbocycles. The molecule has 0 unspecified atom stereocenters. The molecule has 7 aromatic heterocycles. The minimum Gasteiger partial charge on any atom is -0.868 e. The fourth-order valence-corrected chi connectivity index (χ4v) is 13.0. The fourth-order valence-electron chi connectivity index (χ4n) is 13.0. The van der Waals surface area contributed by atoms with E-state index in [1.165, 1.54) is 0 Å². The Balaban J connectivity index is 0.000000218. The van der Waals surface area contributed by atoms with Crippen molar-refractivity contribution in [3.8, 4) is 57.0 Å². The molecule has 21 heteroatoms. The normalized spacial score (nSPS) is 10.1. The molecule has 12 aromatic carbocycles. The molecule has 0 aliphatic heterocycles. The molecule has 554 valence electrons. The second-order valence-corrected chi connectivity index (χ2v) is 28.0. The van der Waals surface area contributed by atoms with Gasteiger partial charge in [-0.3, -0.25) is 0 Å². The monoisotopic (exact) mass is 1700 g/mol. The van der Waals surface area contributed by atoms with Crippen molar-refractivity contribution in [3.05, 3.63) is 392 Å². The number of benzene rings is 12. The zero-order chi connectivity index (χ0) is 78.8. The van der Waals surface area contributed by atoms with Gasteiger partial charge in [0.05, 0.1) is 0 Å². The number of pyridine rings is 7. The largest absolute Gasteiger partial charge is 1.00 e. The Bertz CT molecular complexity index is 6350. The van der Waals surface area contributed by atoms with E-state index in [0.29, 0.717) is 44.4 Å². The van der Waals surface area contributed by atoms with Crippen LogP contribution in [0.15, 0.2) is 358 Å². The van der Waals surface area contributed by atoms with Gasteiger partial charge in [0.25, 0.3) is 0 Å². The van der Waals surface area contributed by atoms with Gasteiger partial charge in [0.1, 0.15) is 0 Å². The molecule has 7 heterocycles. The predicted octanol–water partition coefficient (Wildman–Crippen LogP) is -6.27. The van der Waals surface area contributed by atoms with Gasteiger partial charge in [0.2, 0.25) is 50.0 Å². The van der Waals surface area contributed by atoms with E-state index in [2.05, 4.69) is 61.7 Å². The van der Waals surface area contributed by atoms with E-state index in [-0.39, 0.29) is 271 Å². The van der Waals surface area contributed by atoms with Crippen molar-refractivity contribution in [1.29, 1.82) is 0 Å². The van der Waals surface area contributed by atoms with Crippen molar-refractivity contribution in [2.24, 2.45) is 0 Å². The van der Waals surface area contributed by atoms with Gasteiger partial charge in [0, 0.05) is 111 Å². The maximum atomic E-state index is 13.3. The predicted molar refractivity (Wildman–Crippen MR) is 436 cm³/mol. The van der Waals surface area contributed by atoms with Gasteiger partial charge in [-0.15, -0.1) is 0 Å². The number of para-hydroxylation sites is 6. The molecule has 19 aromatic rings. The van der Waals surface area contributed by atoms with E-state index >= 15 is 0 Å². The number of nitrogens with one attached hydrogen (secondary N) is 7. The number of fused-ring (bicyclic) bond motifs is 8. The summed E-state index contributed by atoms with van der Waals surface area (Å²) in [5.41, 5.74) is 15.4. The smallest absolute Gasteiger partial charge is 0.868 e. The summed E-state index contributed by atoms with van der Waals surface area (Å²) in [7, 11) is 0. The molecule has 0 atom stereocenters. The zero-order valence-corrected chi connectivity index (χ0v) is 81.3. The summed E-state index contributed by atoms with van der Waals surface area (Å²) >= 11 is 0. The third-order valence-electron chi connectivity index (χ3n) is 18.9. The average Bonchev–Trinajstić information content (AvgIpc) is 0.812. The van der Waals surface area contributed by atoms with E-state index < -0.39 is 0 Å². The van der Waals surface area contributed by atoms with Crippen LogP contribution in [0.2, 0.25) is 0 Å². The Morgan fingerprint density at radius 3 is 1.08 bits per heavy atom. The molecule has 0 saturated heterocycles. The minimum atomic E-state index is -0.0110. The van der Waals surface area contributed by atoms with Crippen LogP contribution in [-0.4, -0.2) is 0 Å². The van der Waals surface area contributed by atoms with Gasteiger partial charge in [0.15, 0.2) is 29.5 Å². The zero-order valence-electron chi connectivity index (χ0n) is 69.9. The Kier molecular flexibility index (Phi) is 41.1. The van der Waals surface area contributed by atoms with Crippen LogP contribution in [0.1, 0.15) is 54.5 Å². The second kappa shape index (κ2) is 48.9. The number of hydrogen-bond donors (Lipinski definition) is 0. The van der Waals surface area contributed by atoms with Crippen LogP contribution in [-0.2, 0) is 5.41 Å². The maximum Gasteiger partial charge on any atom is 1.00 e. The molecule has 0 spiro atoms. The quantitative estimate of drug-likeness (QED) is 0.0914. The molecule has 7 N–H and O–H groups in total. The molecular formula is C99H81CsKLi4N7NaO7+7. The molecule has 0 radical (unpaired) electrons. The van der Waals surface area contributed by atoms with Crippen molar-refractivity contribution >= 4 is 98.4 Å². The van der Waals surface area contributed by atoms with Gasteiger partial charge in [-0.05, 0) is 183 Å². The van der Waals surface area contributed by atoms with Crippen molar-refractivity contribution in [1.82, 2.24) is 0 Å². The van der Waals surface area contributed by atoms with Crippen LogP contribution in [0.3, 0.4) is 0 Å². The Morgan fingerprint density at radius 2 is 0.642 bits per heavy atom. The number of aromatic amines is 7. The Hall–Kier alpha value is -7.81. The standard InChI is InChI=1S/C23H17NO.2C15H11NO.C13H9NO.C13H15NO.2C10H9NO.Cs.K.4Li.Na/c25-23(21-15-19-13-7-8-14-20(19)16-24-21)22(17-9-3-1-4-10-17)18-11-5-2-6-12-18;2*17-14-8-4-7-12-9-10-13(16-15(12)14)11-5-2-1-3-6-11;15-12-7-3-5-10-8-9-4-1-2-6-11(9)14-13(10)12;1-13(2,3)10-7-9-5-4-6-14-12(9)11(15)8-10;2*1-7-5-6-8-3-2-4-9(12)10(8)11-7;;;;;;;/h1-16,25H;2*1-10,17H;1-8,15H;4-8,15H,1-3H3;2*2-6,12H,1H3;;;;;;;/q;;;;;;;7*+1. The minimum absolute atomic E-state index is 0. The van der Waals surface area contributed by atoms with Crippen LogP contribution in [0.5, 0.6) is 34.5 Å². The van der Waals surface area contributed by atoms with E-state index in [0.717, 1.165) is 105 Å². The van der Waals surface area contributed by atoms with Crippen molar-refractivity contribution < 1.29 is 296 Å². The van der Waals surface area contributed by atoms with Gasteiger partial charge in [-0.1, -0.05) is 215 Å². The molecule has 0 aliphatic rings. The first-order valence-electron chi connectivity index (χ1n) is 37.0. The van der Waals surface area contributed by atoms with Crippen molar-refractivity contribution in [3.63, 3.8) is 0 Å². The number of rotatable bonds is 5. The Labute approximate surface area is 870 Å². The number of H-pyrrole nitrogens is 7. The molecule has 14 nitrogen and oxygen atoms in total. The summed E-state index contributed by atoms with van der Waals surface area (Å²) in [5.74, 6) is 0.257. The molecular weight excluding hydrogens is 1620 g/mol. The van der Waals surface area contributed by atoms with E-state index in [4.69, 9.17) is 0 Å². The summed E-state index contributed by atoms with van der Waals surface area (Å²) in [4.78, 5) is 21.8. The first-order valence-corrected chi connectivity index (χ1v) is 37.0. The first-order chi connectivity index (χ1) is 54.9. The van der Waals surface area contributed by atoms with Crippen LogP contribution >= 0.6 is 0 Å². The SMILES string of the molecule is CC(C)(C)c1cc([O-])c2[nH+]cccc2c1.Cc1ccc2cccc([O-])c2[nH+]1.Cc1ccc2cccc([O-])c2[nH+]1.[Cs+].[K+].[Li+].[Li+].[Li+].[Li+].[Na+].[O-]C(=C(c1ccccc1)c1ccccc1)c1cc2ccccc2c[nH+]1.[O-]c1cccc2cc3ccccc3[nH+]c12.[O-]c1cccc2ccc(-c3ccccc3)[nH+]c12.[O-]c1cccc2ccc(-c3ccccc3)[nH+]c12. The number of aryl methyl sites for hydroxylation is 2. The van der Waals surface area contributed by atoms with Gasteiger partial charge in [-0.2, -0.15) is 0 Å². The fraction of sp³-hybridized carbons (Fsp3) is 0.0606. The maximum absolute atomic E-state index is 13.3. The Morgan fingerprint density at radius 1 is 0.292 bits per heavy atom. The molecule has 0 amide bonds. The number of hydrogen-bond acceptors (Lipinski definition) is 7. The van der Waals surface area contributed by atoms with Gasteiger partial charge >= 0.3 is 225 Å². The van der Waals surface area contributed by atoms with Crippen molar-refractivity contribution in [2.75, 3.05) is 0 Å². The molecule has 0 fully saturated rings. The van der Waals surface area contributed by atoms with E-state index in [1.54, 1.807) is 72.9 Å². The topological polar surface area (TPSA) is 260 Å². The molecule has 0 aliphatic carbocycles. The van der Waals surface area contributed by atoms with Crippen LogP contribution in [0.4, 0.5) is 0 Å². The van der Waals surface area contributed by atoms with Crippen LogP contribution in [0.25, 0.3) is 121 Å². The summed E-state index contributed by atoms with van der Waals surface area (Å²) in [6, 6.07) is 109. The summed E-state index contributed by atoms with van der Waals surface area (Å²) < 4.78 is 0. The van der Waals surface area contributed by atoms with Gasteiger partial charge in [-0.25, -0.2) is 34.9 Å². The van der Waals surface area contributed by atoms with Crippen LogP contribution < -0.4 is 296 Å². The van der Waals surface area contributed by atoms with Gasteiger partial charge < -0.3 is 35.7 Å². The molecule has 19 rings (SSSR count). The van der Waals surface area contributed by atoms with Crippen LogP contribution in [0, 0.1) is 13.8 Å². The second-order valence-electron chi connectivity index (χ2n) is 28.0. The average molecular weight is 1700 g/mol. The third-order valence-corrected chi connectivity index (χ3v) is 18.9.